The van der Waals surface area contributed by atoms with Gasteiger partial charge in [-0.3, -0.25) is 28.5 Å². The zero-order chi connectivity index (χ0) is 35.8. The first-order chi connectivity index (χ1) is 22.1. The van der Waals surface area contributed by atoms with Crippen molar-refractivity contribution >= 4 is 48.2 Å². The van der Waals surface area contributed by atoms with Crippen LogP contribution in [0.3, 0.4) is 0 Å². The number of aliphatic hydroxyl groups is 3. The van der Waals surface area contributed by atoms with Gasteiger partial charge < -0.3 is 68.1 Å². The number of nitrogens with zero attached hydrogens (tertiary/aromatic N) is 4. The van der Waals surface area contributed by atoms with E-state index >= 15 is 0 Å². The number of imidazole rings is 1. The van der Waals surface area contributed by atoms with Crippen LogP contribution in [0.25, 0.3) is 5.82 Å². The largest absolute Gasteiger partial charge is 0.481 e. The minimum absolute atomic E-state index is 0.0256. The van der Waals surface area contributed by atoms with E-state index < -0.39 is 72.9 Å². The maximum absolute atomic E-state index is 11.5. The molecule has 0 aromatic carbocycles. The monoisotopic (exact) mass is 693 g/mol. The quantitative estimate of drug-likeness (QED) is 0.0806. The van der Waals surface area contributed by atoms with Crippen LogP contribution in [-0.4, -0.2) is 144 Å². The first-order valence-corrected chi connectivity index (χ1v) is 14.7. The molecule has 1 aromatic heterocycles. The van der Waals surface area contributed by atoms with E-state index in [2.05, 4.69) is 33.2 Å². The van der Waals surface area contributed by atoms with E-state index in [0.29, 0.717) is 36.3 Å². The Morgan fingerprint density at radius 1 is 1.13 bits per heavy atom. The van der Waals surface area contributed by atoms with Crippen LogP contribution in [0.2, 0.25) is 0 Å². The fourth-order valence-electron chi connectivity index (χ4n) is 3.83. The average Bonchev–Trinajstić information content (AvgIpc) is 3.58. The SMILES string of the molecule is CN1CN=c2c(ncn2[C@@H]2O[C@H](CO)[C@@H](O)[C@H]2O)=C1N.NCCCC(=O)O.N[C@@H](CCC(=O)N[C@@H](CS)C(=O)NCC(=O)O)C(=O)O. The molecule has 14 N–H and O–H groups in total. The number of carboxylic acid groups (broad SMARTS) is 3. The van der Waals surface area contributed by atoms with Crippen LogP contribution in [0, 0.1) is 0 Å². The number of fused-ring (bicyclic) bond motifs is 1. The second-order valence-corrected chi connectivity index (χ2v) is 10.5. The van der Waals surface area contributed by atoms with E-state index in [1.165, 1.54) is 10.9 Å². The van der Waals surface area contributed by atoms with Crippen molar-refractivity contribution in [1.29, 1.82) is 0 Å². The Hall–Kier alpha value is -4.06. The fourth-order valence-corrected chi connectivity index (χ4v) is 4.08. The predicted molar refractivity (Wildman–Crippen MR) is 163 cm³/mol. The fraction of sp³-hybridized carbons (Fsp3) is 0.640. The Kier molecular flexibility index (Phi) is 17.6. The molecule has 0 spiro atoms. The van der Waals surface area contributed by atoms with E-state index in [1.807, 2.05) is 0 Å². The Morgan fingerprint density at radius 3 is 2.28 bits per heavy atom. The van der Waals surface area contributed by atoms with Gasteiger partial charge in [-0.15, -0.1) is 0 Å². The van der Waals surface area contributed by atoms with Crippen LogP contribution in [0.15, 0.2) is 11.3 Å². The van der Waals surface area contributed by atoms with Crippen molar-refractivity contribution in [1.82, 2.24) is 25.1 Å². The third-order valence-corrected chi connectivity index (χ3v) is 6.85. The number of thiol groups is 1. The molecule has 0 bridgehead atoms. The van der Waals surface area contributed by atoms with Crippen molar-refractivity contribution in [3.63, 3.8) is 0 Å². The topological polar surface area (TPSA) is 352 Å². The van der Waals surface area contributed by atoms with Gasteiger partial charge in [0.2, 0.25) is 11.8 Å². The molecule has 2 aliphatic rings. The number of ether oxygens (including phenoxy) is 1. The zero-order valence-corrected chi connectivity index (χ0v) is 26.4. The molecule has 266 valence electrons. The standard InChI is InChI=1S/C11H17N5O4.C10H17N3O6S.C4H9NO2/c1-15-3-14-10-6(9(15)12)13-4-16(10)11-8(19)7(18)5(2-17)20-11;11-5(10(18)19)1-2-7(14)13-6(4-20)9(17)12-3-8(15)16;5-3-1-2-4(6)7/h4-5,7-8,11,17-19H,2-3,12H2,1H3;5-6,20H,1-4,11H2,(H,12,17)(H,13,14)(H,15,16)(H,18,19);1-3,5H2,(H,6,7)/t5-,7-,8-,11-;5-,6-;/m10./s1. The van der Waals surface area contributed by atoms with Crippen LogP contribution >= 0.6 is 12.6 Å². The van der Waals surface area contributed by atoms with E-state index in [4.69, 9.17) is 42.4 Å². The second-order valence-electron chi connectivity index (χ2n) is 10.1. The maximum Gasteiger partial charge on any atom is 0.322 e. The number of amides is 2. The van der Waals surface area contributed by atoms with Crippen molar-refractivity contribution in [2.75, 3.05) is 39.2 Å². The number of rotatable bonds is 14. The number of carbonyl (C=O) groups is 5. The lowest BCUT2D eigenvalue weighted by Crippen LogP contribution is -2.49. The summed E-state index contributed by atoms with van der Waals surface area (Å²) >= 11 is 3.87. The minimum Gasteiger partial charge on any atom is -0.481 e. The molecule has 2 aliphatic heterocycles. The number of hydrogen-bond donors (Lipinski definition) is 12. The summed E-state index contributed by atoms with van der Waals surface area (Å²) in [6, 6.07) is -2.15. The van der Waals surface area contributed by atoms with Gasteiger partial charge in [0.25, 0.3) is 0 Å². The molecule has 0 unspecified atom stereocenters. The van der Waals surface area contributed by atoms with Crippen LogP contribution < -0.4 is 38.7 Å². The molecule has 21 nitrogen and oxygen atoms in total. The Balaban J connectivity index is 0.000000392. The van der Waals surface area contributed by atoms with Gasteiger partial charge >= 0.3 is 17.9 Å². The zero-order valence-electron chi connectivity index (χ0n) is 25.5. The van der Waals surface area contributed by atoms with Crippen molar-refractivity contribution in [3.8, 4) is 0 Å². The van der Waals surface area contributed by atoms with E-state index in [-0.39, 0.29) is 31.6 Å². The van der Waals surface area contributed by atoms with Gasteiger partial charge in [-0.25, -0.2) is 9.98 Å². The van der Waals surface area contributed by atoms with Gasteiger partial charge in [-0.1, -0.05) is 0 Å². The molecule has 2 amide bonds. The third-order valence-electron chi connectivity index (χ3n) is 6.49. The summed E-state index contributed by atoms with van der Waals surface area (Å²) in [4.78, 5) is 63.7. The number of nitrogens with two attached hydrogens (primary N) is 3. The van der Waals surface area contributed by atoms with Crippen molar-refractivity contribution in [2.24, 2.45) is 22.2 Å². The molecule has 0 radical (unpaired) electrons. The molecular weight excluding hydrogens is 650 g/mol. The Morgan fingerprint density at radius 2 is 1.79 bits per heavy atom. The molecule has 1 fully saturated rings. The van der Waals surface area contributed by atoms with Gasteiger partial charge in [0.1, 0.15) is 54.8 Å². The number of carbonyl (C=O) groups excluding carboxylic acids is 2. The highest BCUT2D eigenvalue weighted by Crippen LogP contribution is 2.27. The summed E-state index contributed by atoms with van der Waals surface area (Å²) in [5.41, 5.74) is 16.7. The minimum atomic E-state index is -1.22. The average molecular weight is 694 g/mol. The summed E-state index contributed by atoms with van der Waals surface area (Å²) in [7, 11) is 1.80. The highest BCUT2D eigenvalue weighted by molar-refractivity contribution is 7.80. The second kappa shape index (κ2) is 20.2. The molecule has 22 heteroatoms. The van der Waals surface area contributed by atoms with Gasteiger partial charge in [0.05, 0.1) is 12.9 Å². The highest BCUT2D eigenvalue weighted by atomic mass is 32.1. The molecule has 0 saturated carbocycles. The molecule has 1 saturated heterocycles. The van der Waals surface area contributed by atoms with Gasteiger partial charge in [0, 0.05) is 25.6 Å². The number of aromatic nitrogens is 2. The summed E-state index contributed by atoms with van der Waals surface area (Å²) in [5.74, 6) is -3.99. The summed E-state index contributed by atoms with van der Waals surface area (Å²) in [6.07, 6.45) is -2.01. The normalized spacial score (nSPS) is 21.0. The predicted octanol–water partition coefficient (Wildman–Crippen LogP) is -6.35. The van der Waals surface area contributed by atoms with Crippen molar-refractivity contribution < 1.29 is 59.3 Å². The molecular formula is C25H43N9O12S. The summed E-state index contributed by atoms with van der Waals surface area (Å²) < 4.78 is 6.98. The maximum atomic E-state index is 11.5. The lowest BCUT2D eigenvalue weighted by molar-refractivity contribution is -0.139. The number of carboxylic acids is 3. The lowest BCUT2D eigenvalue weighted by Gasteiger charge is -2.20. The number of hydrogen-bond acceptors (Lipinski definition) is 16. The third kappa shape index (κ3) is 12.9. The molecule has 47 heavy (non-hydrogen) atoms. The lowest BCUT2D eigenvalue weighted by atomic mass is 10.1. The van der Waals surface area contributed by atoms with Crippen molar-refractivity contribution in [2.45, 2.75) is 62.3 Å². The number of aliphatic carboxylic acids is 3. The molecule has 3 heterocycles. The van der Waals surface area contributed by atoms with Crippen LogP contribution in [-0.2, 0) is 28.7 Å². The van der Waals surface area contributed by atoms with Crippen LogP contribution in [0.4, 0.5) is 0 Å². The molecule has 3 rings (SSSR count). The molecule has 1 aromatic rings. The highest BCUT2D eigenvalue weighted by Gasteiger charge is 2.43. The Labute approximate surface area is 273 Å². The van der Waals surface area contributed by atoms with Gasteiger partial charge in [0.15, 0.2) is 11.7 Å². The van der Waals surface area contributed by atoms with E-state index in [9.17, 15) is 34.2 Å². The van der Waals surface area contributed by atoms with E-state index in [1.54, 1.807) is 11.9 Å². The van der Waals surface area contributed by atoms with Crippen LogP contribution in [0.5, 0.6) is 0 Å². The number of aliphatic hydroxyl groups excluding tert-OH is 3. The van der Waals surface area contributed by atoms with Crippen molar-refractivity contribution in [3.05, 3.63) is 17.2 Å². The summed E-state index contributed by atoms with van der Waals surface area (Å²) in [6.45, 7) is -0.103. The first-order valence-electron chi connectivity index (χ1n) is 14.1. The summed E-state index contributed by atoms with van der Waals surface area (Å²) in [5, 5.41) is 58.8. The molecule has 6 atom stereocenters. The van der Waals surface area contributed by atoms with Gasteiger partial charge in [-0.2, -0.15) is 12.6 Å². The smallest absolute Gasteiger partial charge is 0.322 e. The number of nitrogens with one attached hydrogen (secondary N) is 2. The van der Waals surface area contributed by atoms with E-state index in [0.717, 1.165) is 0 Å². The van der Waals surface area contributed by atoms with Crippen LogP contribution in [0.1, 0.15) is 31.9 Å². The van der Waals surface area contributed by atoms with Gasteiger partial charge in [-0.05, 0) is 19.4 Å². The Bertz CT molecular complexity index is 1350. The first kappa shape index (κ1) is 41.0. The molecule has 0 aliphatic carbocycles.